The molecule has 3 N–H and O–H groups in total. The average Bonchev–Trinajstić information content (AvgIpc) is 2.77. The van der Waals surface area contributed by atoms with Crippen LogP contribution < -0.4 is 11.3 Å². The van der Waals surface area contributed by atoms with Crippen molar-refractivity contribution in [3.05, 3.63) is 45.9 Å². The number of nitrogens with zero attached hydrogens (tertiary/aromatic N) is 3. The molecule has 1 aromatic carbocycles. The molecule has 0 aliphatic carbocycles. The van der Waals surface area contributed by atoms with Crippen LogP contribution in [0, 0.1) is 18.6 Å². The number of H-pyrrole nitrogens is 1. The van der Waals surface area contributed by atoms with E-state index in [0.29, 0.717) is 5.69 Å². The number of rotatable bonds is 1. The highest BCUT2D eigenvalue weighted by Crippen LogP contribution is 2.25. The molecule has 0 amide bonds. The third kappa shape index (κ3) is 1.81. The summed E-state index contributed by atoms with van der Waals surface area (Å²) in [5, 5.41) is 2.66. The number of anilines is 1. The Kier molecular flexibility index (Phi) is 2.53. The fourth-order valence-electron chi connectivity index (χ4n) is 1.88. The monoisotopic (exact) mass is 277 g/mol. The summed E-state index contributed by atoms with van der Waals surface area (Å²) >= 11 is 0. The van der Waals surface area contributed by atoms with Crippen molar-refractivity contribution in [1.82, 2.24) is 19.6 Å². The predicted octanol–water partition coefficient (Wildman–Crippen LogP) is 1.25. The number of nitrogens with two attached hydrogens (primary N) is 1. The van der Waals surface area contributed by atoms with Crippen LogP contribution in [0.15, 0.2) is 23.0 Å². The lowest BCUT2D eigenvalue weighted by molar-refractivity contribution is 0.509. The van der Waals surface area contributed by atoms with Gasteiger partial charge in [-0.15, -0.1) is 0 Å². The van der Waals surface area contributed by atoms with E-state index in [1.165, 1.54) is 6.07 Å². The molecule has 2 aromatic heterocycles. The van der Waals surface area contributed by atoms with E-state index >= 15 is 0 Å². The van der Waals surface area contributed by atoms with Gasteiger partial charge in [0, 0.05) is 29.1 Å². The summed E-state index contributed by atoms with van der Waals surface area (Å²) in [6, 6.07) is 3.10. The summed E-state index contributed by atoms with van der Waals surface area (Å²) in [7, 11) is 0. The van der Waals surface area contributed by atoms with Crippen molar-refractivity contribution in [3.63, 3.8) is 0 Å². The molecule has 0 bridgehead atoms. The number of hydrogen-bond donors (Lipinski definition) is 2. The van der Waals surface area contributed by atoms with Crippen LogP contribution >= 0.6 is 0 Å². The van der Waals surface area contributed by atoms with Crippen molar-refractivity contribution in [2.45, 2.75) is 6.92 Å². The van der Waals surface area contributed by atoms with E-state index in [0.717, 1.165) is 16.6 Å². The lowest BCUT2D eigenvalue weighted by Crippen LogP contribution is -2.14. The summed E-state index contributed by atoms with van der Waals surface area (Å²) in [6.45, 7) is 1.65. The zero-order valence-electron chi connectivity index (χ0n) is 10.3. The second-order valence-corrected chi connectivity index (χ2v) is 4.30. The van der Waals surface area contributed by atoms with E-state index in [2.05, 4.69) is 15.1 Å². The molecule has 0 radical (unpaired) electrons. The predicted molar refractivity (Wildman–Crippen MR) is 68.1 cm³/mol. The average molecular weight is 277 g/mol. The quantitative estimate of drug-likeness (QED) is 0.655. The van der Waals surface area contributed by atoms with Crippen LogP contribution in [0.1, 0.15) is 5.69 Å². The lowest BCUT2D eigenvalue weighted by Gasteiger charge is -2.02. The first-order valence-corrected chi connectivity index (χ1v) is 5.67. The van der Waals surface area contributed by atoms with Crippen LogP contribution in [0.3, 0.4) is 0 Å². The highest BCUT2D eigenvalue weighted by atomic mass is 19.2. The highest BCUT2D eigenvalue weighted by molar-refractivity contribution is 5.72. The number of nitrogen functional groups attached to an aromatic ring is 1. The SMILES string of the molecule is Cc1cc(=O)n2[nH]c(-c3cc(F)c(F)cc3N)nc2n1. The maximum atomic E-state index is 13.3. The lowest BCUT2D eigenvalue weighted by atomic mass is 10.1. The summed E-state index contributed by atoms with van der Waals surface area (Å²) in [5.41, 5.74) is 5.96. The van der Waals surface area contributed by atoms with Crippen LogP contribution in [-0.2, 0) is 0 Å². The Hall–Kier alpha value is -2.77. The van der Waals surface area contributed by atoms with E-state index in [1.54, 1.807) is 6.92 Å². The van der Waals surface area contributed by atoms with Crippen LogP contribution in [0.2, 0.25) is 0 Å². The third-order valence-electron chi connectivity index (χ3n) is 2.81. The third-order valence-corrected chi connectivity index (χ3v) is 2.81. The molecule has 2 heterocycles. The number of halogens is 2. The van der Waals surface area contributed by atoms with E-state index < -0.39 is 11.6 Å². The van der Waals surface area contributed by atoms with Gasteiger partial charge in [-0.3, -0.25) is 9.89 Å². The van der Waals surface area contributed by atoms with Gasteiger partial charge in [0.1, 0.15) is 0 Å². The topological polar surface area (TPSA) is 89.1 Å². The fourth-order valence-corrected chi connectivity index (χ4v) is 1.88. The van der Waals surface area contributed by atoms with E-state index in [4.69, 9.17) is 5.73 Å². The number of nitrogens with one attached hydrogen (secondary N) is 1. The second kappa shape index (κ2) is 4.12. The molecule has 0 saturated carbocycles. The Morgan fingerprint density at radius 1 is 1.20 bits per heavy atom. The smallest absolute Gasteiger partial charge is 0.274 e. The first-order valence-electron chi connectivity index (χ1n) is 5.67. The molecule has 3 aromatic rings. The minimum absolute atomic E-state index is 0.00715. The molecular formula is C12H9F2N5O. The maximum absolute atomic E-state index is 13.3. The Morgan fingerprint density at radius 3 is 2.65 bits per heavy atom. The van der Waals surface area contributed by atoms with E-state index in [-0.39, 0.29) is 28.4 Å². The molecule has 20 heavy (non-hydrogen) atoms. The minimum Gasteiger partial charge on any atom is -0.398 e. The number of aromatic nitrogens is 4. The number of aryl methyl sites for hydroxylation is 1. The molecule has 0 unspecified atom stereocenters. The second-order valence-electron chi connectivity index (χ2n) is 4.30. The zero-order valence-corrected chi connectivity index (χ0v) is 10.3. The largest absolute Gasteiger partial charge is 0.398 e. The van der Waals surface area contributed by atoms with Gasteiger partial charge in [0.2, 0.25) is 0 Å². The zero-order chi connectivity index (χ0) is 14.4. The molecule has 8 heteroatoms. The van der Waals surface area contributed by atoms with Crippen LogP contribution in [0.4, 0.5) is 14.5 Å². The standard InChI is InChI=1S/C12H9F2N5O/c1-5-2-10(20)19-12(16-5)17-11(18-19)6-3-7(13)8(14)4-9(6)15/h2-4H,15H2,1H3,(H,16,17,18). The summed E-state index contributed by atoms with van der Waals surface area (Å²) < 4.78 is 27.4. The Bertz CT molecular complexity index is 883. The van der Waals surface area contributed by atoms with Crippen LogP contribution in [0.25, 0.3) is 17.2 Å². The minimum atomic E-state index is -1.05. The maximum Gasteiger partial charge on any atom is 0.274 e. The molecular weight excluding hydrogens is 268 g/mol. The van der Waals surface area contributed by atoms with Gasteiger partial charge in [-0.1, -0.05) is 0 Å². The number of hydrogen-bond acceptors (Lipinski definition) is 4. The molecule has 6 nitrogen and oxygen atoms in total. The number of fused-ring (bicyclic) bond motifs is 1. The van der Waals surface area contributed by atoms with Gasteiger partial charge in [0.05, 0.1) is 0 Å². The van der Waals surface area contributed by atoms with Crippen molar-refractivity contribution < 1.29 is 8.78 Å². The molecule has 0 saturated heterocycles. The highest BCUT2D eigenvalue weighted by Gasteiger charge is 2.14. The molecule has 0 spiro atoms. The number of aromatic amines is 1. The number of benzene rings is 1. The first kappa shape index (κ1) is 12.3. The van der Waals surface area contributed by atoms with Crippen molar-refractivity contribution in [3.8, 4) is 11.4 Å². The molecule has 0 aliphatic rings. The van der Waals surface area contributed by atoms with Gasteiger partial charge in [-0.05, 0) is 13.0 Å². The van der Waals surface area contributed by atoms with Gasteiger partial charge < -0.3 is 5.73 Å². The summed E-state index contributed by atoms with van der Waals surface area (Å²) in [6.07, 6.45) is 0. The molecule has 3 rings (SSSR count). The van der Waals surface area contributed by atoms with Gasteiger partial charge in [0.25, 0.3) is 11.3 Å². The van der Waals surface area contributed by atoms with Crippen molar-refractivity contribution >= 4 is 11.5 Å². The molecule has 102 valence electrons. The van der Waals surface area contributed by atoms with E-state index in [1.807, 2.05) is 0 Å². The van der Waals surface area contributed by atoms with Gasteiger partial charge in [0.15, 0.2) is 17.5 Å². The Labute approximate surface area is 110 Å². The summed E-state index contributed by atoms with van der Waals surface area (Å²) in [4.78, 5) is 19.9. The van der Waals surface area contributed by atoms with Crippen molar-refractivity contribution in [1.29, 1.82) is 0 Å². The Morgan fingerprint density at radius 2 is 1.90 bits per heavy atom. The normalized spacial score (nSPS) is 11.2. The van der Waals surface area contributed by atoms with Gasteiger partial charge in [-0.2, -0.15) is 9.50 Å². The Balaban J connectivity index is 2.28. The molecule has 0 atom stereocenters. The van der Waals surface area contributed by atoms with Crippen molar-refractivity contribution in [2.24, 2.45) is 0 Å². The van der Waals surface area contributed by atoms with Crippen LogP contribution in [0.5, 0.6) is 0 Å². The van der Waals surface area contributed by atoms with Crippen LogP contribution in [-0.4, -0.2) is 19.6 Å². The summed E-state index contributed by atoms with van der Waals surface area (Å²) in [5.74, 6) is -1.83. The molecule has 0 fully saturated rings. The van der Waals surface area contributed by atoms with Gasteiger partial charge >= 0.3 is 0 Å². The fraction of sp³-hybridized carbons (Fsp3) is 0.0833. The van der Waals surface area contributed by atoms with E-state index in [9.17, 15) is 13.6 Å². The molecule has 0 aliphatic heterocycles. The van der Waals surface area contributed by atoms with Crippen molar-refractivity contribution in [2.75, 3.05) is 5.73 Å². The van der Waals surface area contributed by atoms with Gasteiger partial charge in [-0.25, -0.2) is 13.8 Å². The first-order chi connectivity index (χ1) is 9.45.